The van der Waals surface area contributed by atoms with Crippen molar-refractivity contribution in [2.75, 3.05) is 0 Å². The van der Waals surface area contributed by atoms with Gasteiger partial charge in [0.2, 0.25) is 0 Å². The molecule has 0 unspecified atom stereocenters. The lowest BCUT2D eigenvalue weighted by Gasteiger charge is -2.21. The Morgan fingerprint density at radius 2 is 1.73 bits per heavy atom. The van der Waals surface area contributed by atoms with Crippen LogP contribution in [0.15, 0.2) is 12.1 Å². The zero-order valence-electron chi connectivity index (χ0n) is 9.34. The second-order valence-electron chi connectivity index (χ2n) is 5.42. The number of aryl methyl sites for hydroxylation is 1. The molecule has 2 aliphatic carbocycles. The first-order valence-corrected chi connectivity index (χ1v) is 6.01. The Labute approximate surface area is 91.1 Å². The molecule has 0 amide bonds. The minimum absolute atomic E-state index is 0.520. The molecule has 1 aromatic rings. The molecule has 0 radical (unpaired) electrons. The quantitative estimate of drug-likeness (QED) is 0.684. The SMILES string of the molecule is Cc1ccc(O)c2c1CC1(CCCC1)C2. The molecule has 1 spiro atoms. The van der Waals surface area contributed by atoms with Gasteiger partial charge in [0.25, 0.3) is 0 Å². The van der Waals surface area contributed by atoms with Crippen molar-refractivity contribution < 1.29 is 5.11 Å². The van der Waals surface area contributed by atoms with E-state index in [1.807, 2.05) is 6.07 Å². The highest BCUT2D eigenvalue weighted by atomic mass is 16.3. The summed E-state index contributed by atoms with van der Waals surface area (Å²) < 4.78 is 0. The Morgan fingerprint density at radius 1 is 1.07 bits per heavy atom. The van der Waals surface area contributed by atoms with E-state index in [-0.39, 0.29) is 0 Å². The summed E-state index contributed by atoms with van der Waals surface area (Å²) in [5.41, 5.74) is 4.58. The first-order valence-electron chi connectivity index (χ1n) is 6.01. The highest BCUT2D eigenvalue weighted by Gasteiger charge is 2.40. The van der Waals surface area contributed by atoms with Crippen LogP contribution in [0.1, 0.15) is 42.4 Å². The molecule has 1 heteroatoms. The van der Waals surface area contributed by atoms with E-state index in [0.717, 1.165) is 6.42 Å². The Hall–Kier alpha value is -0.980. The molecule has 2 aliphatic rings. The van der Waals surface area contributed by atoms with Crippen molar-refractivity contribution in [1.82, 2.24) is 0 Å². The summed E-state index contributed by atoms with van der Waals surface area (Å²) in [5.74, 6) is 0.527. The third kappa shape index (κ3) is 1.29. The summed E-state index contributed by atoms with van der Waals surface area (Å²) >= 11 is 0. The van der Waals surface area contributed by atoms with Gasteiger partial charge in [-0.15, -0.1) is 0 Å². The van der Waals surface area contributed by atoms with E-state index in [9.17, 15) is 5.11 Å². The van der Waals surface area contributed by atoms with Gasteiger partial charge in [-0.1, -0.05) is 18.9 Å². The van der Waals surface area contributed by atoms with Crippen molar-refractivity contribution in [3.8, 4) is 5.75 Å². The van der Waals surface area contributed by atoms with Crippen LogP contribution in [0, 0.1) is 12.3 Å². The van der Waals surface area contributed by atoms with E-state index in [2.05, 4.69) is 13.0 Å². The Balaban J connectivity index is 2.05. The van der Waals surface area contributed by atoms with E-state index in [1.54, 1.807) is 0 Å². The molecule has 0 aliphatic heterocycles. The number of aromatic hydroxyl groups is 1. The highest BCUT2D eigenvalue weighted by molar-refractivity contribution is 5.48. The maximum absolute atomic E-state index is 9.90. The van der Waals surface area contributed by atoms with Gasteiger partial charge in [-0.05, 0) is 60.8 Å². The van der Waals surface area contributed by atoms with Crippen molar-refractivity contribution in [3.63, 3.8) is 0 Å². The van der Waals surface area contributed by atoms with Crippen molar-refractivity contribution in [1.29, 1.82) is 0 Å². The molecule has 1 aromatic carbocycles. The highest BCUT2D eigenvalue weighted by Crippen LogP contribution is 2.51. The standard InChI is InChI=1S/C14H18O/c1-10-4-5-13(15)12-9-14(8-11(10)12)6-2-3-7-14/h4-5,15H,2-3,6-9H2,1H3. The molecule has 0 heterocycles. The molecule has 1 saturated carbocycles. The maximum Gasteiger partial charge on any atom is 0.119 e. The summed E-state index contributed by atoms with van der Waals surface area (Å²) in [6, 6.07) is 3.92. The molecule has 1 nitrogen and oxygen atoms in total. The second-order valence-corrected chi connectivity index (χ2v) is 5.42. The molecule has 0 atom stereocenters. The van der Waals surface area contributed by atoms with Crippen LogP contribution in [-0.4, -0.2) is 5.11 Å². The van der Waals surface area contributed by atoms with E-state index in [0.29, 0.717) is 11.2 Å². The van der Waals surface area contributed by atoms with Gasteiger partial charge in [0.15, 0.2) is 0 Å². The van der Waals surface area contributed by atoms with Crippen LogP contribution >= 0.6 is 0 Å². The third-order valence-electron chi connectivity index (χ3n) is 4.41. The van der Waals surface area contributed by atoms with Gasteiger partial charge in [-0.3, -0.25) is 0 Å². The minimum Gasteiger partial charge on any atom is -0.508 e. The molecular formula is C14H18O. The minimum atomic E-state index is 0.520. The Kier molecular flexibility index (Phi) is 1.86. The van der Waals surface area contributed by atoms with E-state index in [1.165, 1.54) is 48.8 Å². The van der Waals surface area contributed by atoms with E-state index in [4.69, 9.17) is 0 Å². The number of fused-ring (bicyclic) bond motifs is 1. The Morgan fingerprint density at radius 3 is 2.40 bits per heavy atom. The van der Waals surface area contributed by atoms with E-state index >= 15 is 0 Å². The number of hydrogen-bond acceptors (Lipinski definition) is 1. The number of phenolic OH excluding ortho intramolecular Hbond substituents is 1. The molecule has 0 saturated heterocycles. The van der Waals surface area contributed by atoms with Gasteiger partial charge in [-0.25, -0.2) is 0 Å². The molecule has 15 heavy (non-hydrogen) atoms. The fourth-order valence-electron chi connectivity index (χ4n) is 3.53. The smallest absolute Gasteiger partial charge is 0.119 e. The monoisotopic (exact) mass is 202 g/mol. The lowest BCUT2D eigenvalue weighted by atomic mass is 9.83. The van der Waals surface area contributed by atoms with Crippen LogP contribution in [0.5, 0.6) is 5.75 Å². The summed E-state index contributed by atoms with van der Waals surface area (Å²) in [6.45, 7) is 2.17. The molecule has 1 N–H and O–H groups in total. The predicted molar refractivity (Wildman–Crippen MR) is 61.2 cm³/mol. The molecule has 3 rings (SSSR count). The third-order valence-corrected chi connectivity index (χ3v) is 4.41. The van der Waals surface area contributed by atoms with Crippen LogP contribution in [0.2, 0.25) is 0 Å². The van der Waals surface area contributed by atoms with Crippen LogP contribution in [0.25, 0.3) is 0 Å². The predicted octanol–water partition coefficient (Wildman–Crippen LogP) is 3.36. The van der Waals surface area contributed by atoms with Gasteiger partial charge in [0, 0.05) is 0 Å². The fraction of sp³-hybridized carbons (Fsp3) is 0.571. The Bertz CT molecular complexity index is 367. The molecular weight excluding hydrogens is 184 g/mol. The molecule has 0 aromatic heterocycles. The van der Waals surface area contributed by atoms with Crippen LogP contribution in [-0.2, 0) is 12.8 Å². The number of hydrogen-bond donors (Lipinski definition) is 1. The van der Waals surface area contributed by atoms with Crippen molar-refractivity contribution in [2.24, 2.45) is 5.41 Å². The summed E-state index contributed by atoms with van der Waals surface area (Å²) in [4.78, 5) is 0. The largest absolute Gasteiger partial charge is 0.508 e. The zero-order valence-corrected chi connectivity index (χ0v) is 9.34. The zero-order chi connectivity index (χ0) is 10.5. The number of phenols is 1. The fourth-order valence-corrected chi connectivity index (χ4v) is 3.53. The average Bonchev–Trinajstić information content (AvgIpc) is 2.82. The van der Waals surface area contributed by atoms with Crippen LogP contribution in [0.4, 0.5) is 0 Å². The summed E-state index contributed by atoms with van der Waals surface area (Å²) in [7, 11) is 0. The van der Waals surface area contributed by atoms with Crippen LogP contribution in [0.3, 0.4) is 0 Å². The molecule has 0 bridgehead atoms. The van der Waals surface area contributed by atoms with Gasteiger partial charge in [0.05, 0.1) is 0 Å². The normalized spacial score (nSPS) is 22.2. The van der Waals surface area contributed by atoms with Crippen LogP contribution < -0.4 is 0 Å². The number of benzene rings is 1. The lowest BCUT2D eigenvalue weighted by molar-refractivity contribution is 0.315. The molecule has 80 valence electrons. The van der Waals surface area contributed by atoms with Crippen molar-refractivity contribution in [2.45, 2.75) is 45.4 Å². The van der Waals surface area contributed by atoms with E-state index < -0.39 is 0 Å². The van der Waals surface area contributed by atoms with Gasteiger partial charge in [0.1, 0.15) is 5.75 Å². The van der Waals surface area contributed by atoms with Crippen molar-refractivity contribution in [3.05, 3.63) is 28.8 Å². The average molecular weight is 202 g/mol. The second kappa shape index (κ2) is 3.01. The first kappa shape index (κ1) is 9.26. The molecule has 1 fully saturated rings. The summed E-state index contributed by atoms with van der Waals surface area (Å²) in [6.07, 6.45) is 7.82. The van der Waals surface area contributed by atoms with Gasteiger partial charge >= 0.3 is 0 Å². The van der Waals surface area contributed by atoms with Gasteiger partial charge in [-0.2, -0.15) is 0 Å². The number of rotatable bonds is 0. The van der Waals surface area contributed by atoms with Gasteiger partial charge < -0.3 is 5.11 Å². The first-order chi connectivity index (χ1) is 7.20. The topological polar surface area (TPSA) is 20.2 Å². The van der Waals surface area contributed by atoms with Crippen molar-refractivity contribution >= 4 is 0 Å². The lowest BCUT2D eigenvalue weighted by Crippen LogP contribution is -2.15. The maximum atomic E-state index is 9.90. The summed E-state index contributed by atoms with van der Waals surface area (Å²) in [5, 5.41) is 9.90.